The highest BCUT2D eigenvalue weighted by molar-refractivity contribution is 7.71. The highest BCUT2D eigenvalue weighted by atomic mass is 32.1. The summed E-state index contributed by atoms with van der Waals surface area (Å²) in [6.45, 7) is 2.08. The van der Waals surface area contributed by atoms with E-state index in [1.54, 1.807) is 10.8 Å². The number of nitrogens with one attached hydrogen (secondary N) is 1. The molecule has 2 rings (SSSR count). The van der Waals surface area contributed by atoms with Gasteiger partial charge in [-0.3, -0.25) is 0 Å². The summed E-state index contributed by atoms with van der Waals surface area (Å²) in [5, 5.41) is 0. The van der Waals surface area contributed by atoms with E-state index in [1.807, 2.05) is 6.92 Å². The molecule has 0 fully saturated rings. The van der Waals surface area contributed by atoms with Crippen LogP contribution in [-0.4, -0.2) is 9.55 Å². The molecule has 0 amide bonds. The number of rotatable bonds is 2. The van der Waals surface area contributed by atoms with Crippen molar-refractivity contribution >= 4 is 12.2 Å². The van der Waals surface area contributed by atoms with E-state index in [9.17, 15) is 8.78 Å². The molecule has 0 aliphatic heterocycles. The maximum atomic E-state index is 13.4. The van der Waals surface area contributed by atoms with Gasteiger partial charge < -0.3 is 9.55 Å². The average molecular weight is 240 g/mol. The van der Waals surface area contributed by atoms with Gasteiger partial charge in [-0.1, -0.05) is 0 Å². The van der Waals surface area contributed by atoms with Crippen LogP contribution in [0.3, 0.4) is 0 Å². The van der Waals surface area contributed by atoms with Crippen LogP contribution in [0.4, 0.5) is 8.78 Å². The fourth-order valence-electron chi connectivity index (χ4n) is 1.51. The molecular weight excluding hydrogens is 230 g/mol. The van der Waals surface area contributed by atoms with Gasteiger partial charge in [-0.25, -0.2) is 8.78 Å². The van der Waals surface area contributed by atoms with Crippen LogP contribution in [0.5, 0.6) is 0 Å². The molecule has 2 aromatic rings. The van der Waals surface area contributed by atoms with Crippen molar-refractivity contribution in [3.8, 4) is 0 Å². The third-order valence-corrected chi connectivity index (χ3v) is 2.75. The molecule has 0 spiro atoms. The second-order valence-corrected chi connectivity index (χ2v) is 3.94. The standard InChI is InChI=1S/C11H10F2N2S/c1-7-5-14-11(16)15(7)6-8-4-9(12)2-3-10(8)13/h2-5H,6H2,1H3,(H,14,16). The van der Waals surface area contributed by atoms with E-state index >= 15 is 0 Å². The summed E-state index contributed by atoms with van der Waals surface area (Å²) in [4.78, 5) is 2.85. The van der Waals surface area contributed by atoms with Gasteiger partial charge in [0.15, 0.2) is 4.77 Å². The Bertz CT molecular complexity index is 572. The molecule has 84 valence electrons. The zero-order chi connectivity index (χ0) is 11.7. The minimum absolute atomic E-state index is 0.234. The first-order valence-electron chi connectivity index (χ1n) is 4.76. The van der Waals surface area contributed by atoms with E-state index < -0.39 is 11.6 Å². The number of aromatic nitrogens is 2. The van der Waals surface area contributed by atoms with Gasteiger partial charge >= 0.3 is 0 Å². The lowest BCUT2D eigenvalue weighted by Crippen LogP contribution is -2.04. The molecule has 0 saturated heterocycles. The van der Waals surface area contributed by atoms with Crippen molar-refractivity contribution in [3.05, 3.63) is 52.1 Å². The van der Waals surface area contributed by atoms with Gasteiger partial charge in [0, 0.05) is 17.5 Å². The number of aromatic amines is 1. The fraction of sp³-hybridized carbons (Fsp3) is 0.182. The van der Waals surface area contributed by atoms with Crippen molar-refractivity contribution in [3.63, 3.8) is 0 Å². The number of benzene rings is 1. The SMILES string of the molecule is Cc1c[nH]c(=S)n1Cc1cc(F)ccc1F. The highest BCUT2D eigenvalue weighted by Gasteiger charge is 2.06. The molecule has 1 aromatic heterocycles. The van der Waals surface area contributed by atoms with Gasteiger partial charge in [-0.15, -0.1) is 0 Å². The second-order valence-electron chi connectivity index (χ2n) is 3.56. The predicted molar refractivity (Wildman–Crippen MR) is 59.8 cm³/mol. The molecule has 0 saturated carbocycles. The first kappa shape index (κ1) is 11.0. The van der Waals surface area contributed by atoms with Gasteiger partial charge in [-0.2, -0.15) is 0 Å². The smallest absolute Gasteiger partial charge is 0.177 e. The molecule has 1 aromatic carbocycles. The van der Waals surface area contributed by atoms with Crippen LogP contribution in [0.2, 0.25) is 0 Å². The monoisotopic (exact) mass is 240 g/mol. The van der Waals surface area contributed by atoms with E-state index in [0.717, 1.165) is 17.8 Å². The summed E-state index contributed by atoms with van der Waals surface area (Å²) in [6.07, 6.45) is 1.74. The number of hydrogen-bond acceptors (Lipinski definition) is 1. The normalized spacial score (nSPS) is 10.7. The van der Waals surface area contributed by atoms with Crippen LogP contribution < -0.4 is 0 Å². The Balaban J connectivity index is 2.41. The number of H-pyrrole nitrogens is 1. The van der Waals surface area contributed by atoms with Gasteiger partial charge in [0.25, 0.3) is 0 Å². The van der Waals surface area contributed by atoms with Gasteiger partial charge in [0.2, 0.25) is 0 Å². The lowest BCUT2D eigenvalue weighted by Gasteiger charge is -2.06. The fourth-order valence-corrected chi connectivity index (χ4v) is 1.78. The zero-order valence-corrected chi connectivity index (χ0v) is 9.44. The first-order valence-corrected chi connectivity index (χ1v) is 5.17. The van der Waals surface area contributed by atoms with Crippen molar-refractivity contribution in [2.45, 2.75) is 13.5 Å². The van der Waals surface area contributed by atoms with E-state index in [1.165, 1.54) is 6.07 Å². The van der Waals surface area contributed by atoms with Crippen LogP contribution >= 0.6 is 12.2 Å². The summed E-state index contributed by atoms with van der Waals surface area (Å²) in [7, 11) is 0. The first-order chi connectivity index (χ1) is 7.58. The summed E-state index contributed by atoms with van der Waals surface area (Å²) in [5.74, 6) is -0.875. The maximum absolute atomic E-state index is 13.4. The third kappa shape index (κ3) is 2.04. The number of hydrogen-bond donors (Lipinski definition) is 1. The van der Waals surface area contributed by atoms with Crippen molar-refractivity contribution in [1.82, 2.24) is 9.55 Å². The summed E-state index contributed by atoms with van der Waals surface area (Å²) in [6, 6.07) is 3.40. The highest BCUT2D eigenvalue weighted by Crippen LogP contribution is 2.13. The molecule has 2 nitrogen and oxygen atoms in total. The minimum Gasteiger partial charge on any atom is -0.337 e. The number of halogens is 2. The third-order valence-electron chi connectivity index (χ3n) is 2.41. The molecule has 0 aliphatic rings. The molecule has 1 heterocycles. The molecule has 16 heavy (non-hydrogen) atoms. The van der Waals surface area contributed by atoms with Gasteiger partial charge in [0.1, 0.15) is 11.6 Å². The topological polar surface area (TPSA) is 20.7 Å². The maximum Gasteiger partial charge on any atom is 0.177 e. The van der Waals surface area contributed by atoms with E-state index in [0.29, 0.717) is 10.3 Å². The summed E-state index contributed by atoms with van der Waals surface area (Å²) < 4.78 is 28.6. The van der Waals surface area contributed by atoms with Crippen LogP contribution in [0, 0.1) is 23.3 Å². The Morgan fingerprint density at radius 3 is 2.75 bits per heavy atom. The molecule has 0 radical (unpaired) electrons. The molecule has 1 N–H and O–H groups in total. The molecule has 5 heteroatoms. The lowest BCUT2D eigenvalue weighted by molar-refractivity contribution is 0.574. The molecule has 0 unspecified atom stereocenters. The predicted octanol–water partition coefficient (Wildman–Crippen LogP) is 3.18. The largest absolute Gasteiger partial charge is 0.337 e. The molecule has 0 aliphatic carbocycles. The Kier molecular flexibility index (Phi) is 2.87. The van der Waals surface area contributed by atoms with E-state index in [4.69, 9.17) is 12.2 Å². The number of nitrogens with zero attached hydrogens (tertiary/aromatic N) is 1. The van der Waals surface area contributed by atoms with Gasteiger partial charge in [0.05, 0.1) is 6.54 Å². The number of aryl methyl sites for hydroxylation is 1. The van der Waals surface area contributed by atoms with Crippen LogP contribution in [-0.2, 0) is 6.54 Å². The van der Waals surface area contributed by atoms with Crippen molar-refractivity contribution in [2.75, 3.05) is 0 Å². The Morgan fingerprint density at radius 2 is 2.12 bits per heavy atom. The Hall–Kier alpha value is -1.49. The van der Waals surface area contributed by atoms with Crippen molar-refractivity contribution in [2.24, 2.45) is 0 Å². The lowest BCUT2D eigenvalue weighted by atomic mass is 10.2. The van der Waals surface area contributed by atoms with Crippen LogP contribution in [0.25, 0.3) is 0 Å². The molecular formula is C11H10F2N2S. The average Bonchev–Trinajstić information content (AvgIpc) is 2.55. The van der Waals surface area contributed by atoms with Crippen LogP contribution in [0.15, 0.2) is 24.4 Å². The van der Waals surface area contributed by atoms with Crippen molar-refractivity contribution < 1.29 is 8.78 Å². The van der Waals surface area contributed by atoms with Crippen molar-refractivity contribution in [1.29, 1.82) is 0 Å². The van der Waals surface area contributed by atoms with Gasteiger partial charge in [-0.05, 0) is 37.3 Å². The Morgan fingerprint density at radius 1 is 1.38 bits per heavy atom. The van der Waals surface area contributed by atoms with E-state index in [-0.39, 0.29) is 6.54 Å². The van der Waals surface area contributed by atoms with E-state index in [2.05, 4.69) is 4.98 Å². The second kappa shape index (κ2) is 4.17. The molecule has 0 atom stereocenters. The summed E-state index contributed by atoms with van der Waals surface area (Å²) in [5.41, 5.74) is 1.17. The zero-order valence-electron chi connectivity index (χ0n) is 8.63. The quantitative estimate of drug-likeness (QED) is 0.799. The minimum atomic E-state index is -0.448. The van der Waals surface area contributed by atoms with Crippen LogP contribution in [0.1, 0.15) is 11.3 Å². The Labute approximate surface area is 96.5 Å². The number of imidazole rings is 1. The molecule has 0 bridgehead atoms. The summed E-state index contributed by atoms with van der Waals surface area (Å²) >= 11 is 5.04.